The van der Waals surface area contributed by atoms with Gasteiger partial charge in [-0.1, -0.05) is 35.4 Å². The first-order valence-electron chi connectivity index (χ1n) is 4.02. The molecule has 14 heavy (non-hydrogen) atoms. The van der Waals surface area contributed by atoms with Crippen molar-refractivity contribution in [2.45, 2.75) is 0 Å². The van der Waals surface area contributed by atoms with Crippen LogP contribution in [0.1, 0.15) is 0 Å². The summed E-state index contributed by atoms with van der Waals surface area (Å²) in [4.78, 5) is 0. The Balaban J connectivity index is 2.07. The molecule has 2 aromatic rings. The van der Waals surface area contributed by atoms with Gasteiger partial charge in [0.15, 0.2) is 0 Å². The molecule has 5 nitrogen and oxygen atoms in total. The maximum atomic E-state index is 9.54. The lowest BCUT2D eigenvalue weighted by Gasteiger charge is -2.04. The largest absolute Gasteiger partial charge is 0.563 e. The number of benzene rings is 1. The van der Waals surface area contributed by atoms with Crippen LogP contribution in [0.25, 0.3) is 0 Å². The van der Waals surface area contributed by atoms with Crippen molar-refractivity contribution in [1.29, 1.82) is 0 Å². The first kappa shape index (κ1) is 8.77. The fraction of sp³-hybridized carbons (Fsp3) is 0. The Morgan fingerprint density at radius 1 is 1.29 bits per heavy atom. The summed E-state index contributed by atoms with van der Waals surface area (Å²) in [6.45, 7) is 0. The Bertz CT molecular complexity index is 379. The van der Waals surface area contributed by atoms with Gasteiger partial charge in [0.1, 0.15) is 0 Å². The molecule has 0 amide bonds. The quantitative estimate of drug-likeness (QED) is 0.680. The van der Waals surface area contributed by atoms with Gasteiger partial charge >= 0.3 is 13.2 Å². The van der Waals surface area contributed by atoms with Crippen LogP contribution in [0.2, 0.25) is 0 Å². The number of hydrogen-bond donors (Lipinski definition) is 1. The van der Waals surface area contributed by atoms with Crippen LogP contribution < -0.4 is 10.1 Å². The van der Waals surface area contributed by atoms with E-state index in [9.17, 15) is 5.02 Å². The number of rotatable bonds is 3. The molecular weight excluding hydrogens is 183 g/mol. The maximum absolute atomic E-state index is 9.54. The van der Waals surface area contributed by atoms with Gasteiger partial charge in [-0.25, -0.2) is 0 Å². The number of aromatic nitrogens is 2. The Morgan fingerprint density at radius 3 is 2.71 bits per heavy atom. The van der Waals surface area contributed by atoms with Crippen LogP contribution in [0.15, 0.2) is 41.1 Å². The highest BCUT2D eigenvalue weighted by Crippen LogP contribution is 2.02. The van der Waals surface area contributed by atoms with Crippen LogP contribution in [0.3, 0.4) is 0 Å². The molecule has 0 spiro atoms. The lowest BCUT2D eigenvalue weighted by atomic mass is 9.80. The molecule has 0 bridgehead atoms. The summed E-state index contributed by atoms with van der Waals surface area (Å²) in [6.07, 6.45) is 1.08. The second-order valence-electron chi connectivity index (χ2n) is 2.59. The van der Waals surface area contributed by atoms with Crippen LogP contribution in [0, 0.1) is 0 Å². The molecule has 0 unspecified atom stereocenters. The third-order valence-electron chi connectivity index (χ3n) is 1.64. The molecule has 0 aliphatic rings. The minimum Gasteiger partial charge on any atom is -0.489 e. The monoisotopic (exact) mass is 190 g/mol. The summed E-state index contributed by atoms with van der Waals surface area (Å²) in [5.74, 6) is 0. The highest BCUT2D eigenvalue weighted by molar-refractivity contribution is 6.60. The Morgan fingerprint density at radius 2 is 2.07 bits per heavy atom. The predicted octanol–water partition coefficient (Wildman–Crippen LogP) is -0.164. The van der Waals surface area contributed by atoms with Crippen molar-refractivity contribution >= 4 is 12.6 Å². The topological polar surface area (TPSA) is 68.4 Å². The third-order valence-corrected chi connectivity index (χ3v) is 1.64. The van der Waals surface area contributed by atoms with Crippen molar-refractivity contribution in [3.63, 3.8) is 0 Å². The van der Waals surface area contributed by atoms with Crippen molar-refractivity contribution in [1.82, 2.24) is 10.2 Å². The highest BCUT2D eigenvalue weighted by atomic mass is 16.6. The predicted molar refractivity (Wildman–Crippen MR) is 49.0 cm³/mol. The van der Waals surface area contributed by atoms with E-state index in [1.54, 1.807) is 24.3 Å². The zero-order valence-electron chi connectivity index (χ0n) is 7.20. The molecule has 2 rings (SSSR count). The van der Waals surface area contributed by atoms with Crippen molar-refractivity contribution in [2.24, 2.45) is 0 Å². The molecular formula is C8H7BN2O3. The fourth-order valence-electron chi connectivity index (χ4n) is 0.995. The van der Waals surface area contributed by atoms with Gasteiger partial charge in [-0.05, 0) is 5.46 Å². The first-order valence-corrected chi connectivity index (χ1v) is 4.02. The SMILES string of the molecule is OB(Oc1nnco1)c1ccccc1. The molecule has 6 heteroatoms. The van der Waals surface area contributed by atoms with Gasteiger partial charge in [-0.15, -0.1) is 5.10 Å². The highest BCUT2D eigenvalue weighted by Gasteiger charge is 2.20. The molecule has 0 aliphatic carbocycles. The molecule has 0 aliphatic heterocycles. The Hall–Kier alpha value is -1.82. The van der Waals surface area contributed by atoms with Crippen LogP contribution in [-0.2, 0) is 0 Å². The van der Waals surface area contributed by atoms with Gasteiger partial charge < -0.3 is 14.1 Å². The van der Waals surface area contributed by atoms with Gasteiger partial charge in [0.25, 0.3) is 0 Å². The van der Waals surface area contributed by atoms with Crippen molar-refractivity contribution < 1.29 is 14.1 Å². The molecule has 0 saturated carbocycles. The standard InChI is InChI=1S/C8H7BN2O3/c12-9(7-4-2-1-3-5-7)14-8-11-10-6-13-8/h1-6,12H. The second kappa shape index (κ2) is 3.93. The average molecular weight is 190 g/mol. The lowest BCUT2D eigenvalue weighted by molar-refractivity contribution is 0.333. The fourth-order valence-corrected chi connectivity index (χ4v) is 0.995. The molecule has 0 atom stereocenters. The van der Waals surface area contributed by atoms with Gasteiger partial charge in [-0.3, -0.25) is 0 Å². The van der Waals surface area contributed by atoms with Gasteiger partial charge in [0, 0.05) is 0 Å². The molecule has 0 radical (unpaired) electrons. The number of hydrogen-bond acceptors (Lipinski definition) is 5. The molecule has 1 aromatic carbocycles. The smallest absolute Gasteiger partial charge is 0.489 e. The molecule has 1 aromatic heterocycles. The minimum atomic E-state index is -1.09. The van der Waals surface area contributed by atoms with E-state index < -0.39 is 7.12 Å². The van der Waals surface area contributed by atoms with Crippen molar-refractivity contribution in [3.05, 3.63) is 36.7 Å². The molecule has 70 valence electrons. The minimum absolute atomic E-state index is 0.0543. The molecule has 1 heterocycles. The van der Waals surface area contributed by atoms with E-state index in [1.165, 1.54) is 0 Å². The van der Waals surface area contributed by atoms with Gasteiger partial charge in [0.2, 0.25) is 6.39 Å². The van der Waals surface area contributed by atoms with Crippen molar-refractivity contribution in [3.8, 4) is 6.08 Å². The van der Waals surface area contributed by atoms with E-state index in [-0.39, 0.29) is 6.08 Å². The zero-order valence-corrected chi connectivity index (χ0v) is 7.20. The summed E-state index contributed by atoms with van der Waals surface area (Å²) in [6, 6.07) is 8.93. The lowest BCUT2D eigenvalue weighted by Crippen LogP contribution is -2.36. The summed E-state index contributed by atoms with van der Waals surface area (Å²) in [5, 5.41) is 16.4. The average Bonchev–Trinajstić information content (AvgIpc) is 2.72. The molecule has 0 saturated heterocycles. The Kier molecular flexibility index (Phi) is 2.46. The van der Waals surface area contributed by atoms with Crippen LogP contribution >= 0.6 is 0 Å². The van der Waals surface area contributed by atoms with E-state index in [0.717, 1.165) is 6.39 Å². The summed E-state index contributed by atoms with van der Waals surface area (Å²) in [5.41, 5.74) is 0.630. The second-order valence-corrected chi connectivity index (χ2v) is 2.59. The number of nitrogens with zero attached hydrogens (tertiary/aromatic N) is 2. The zero-order chi connectivity index (χ0) is 9.80. The van der Waals surface area contributed by atoms with E-state index >= 15 is 0 Å². The van der Waals surface area contributed by atoms with E-state index in [1.807, 2.05) is 6.07 Å². The maximum Gasteiger partial charge on any atom is 0.563 e. The molecule has 1 N–H and O–H groups in total. The van der Waals surface area contributed by atoms with Crippen LogP contribution in [-0.4, -0.2) is 22.3 Å². The van der Waals surface area contributed by atoms with E-state index in [4.69, 9.17) is 9.07 Å². The summed E-state index contributed by atoms with van der Waals surface area (Å²) in [7, 11) is -1.09. The van der Waals surface area contributed by atoms with Crippen LogP contribution in [0.5, 0.6) is 6.08 Å². The Labute approximate surface area is 80.5 Å². The van der Waals surface area contributed by atoms with Gasteiger partial charge in [0.05, 0.1) is 0 Å². The van der Waals surface area contributed by atoms with E-state index in [0.29, 0.717) is 5.46 Å². The van der Waals surface area contributed by atoms with Crippen molar-refractivity contribution in [2.75, 3.05) is 0 Å². The third kappa shape index (κ3) is 1.91. The summed E-state index contributed by atoms with van der Waals surface area (Å²) < 4.78 is 9.68. The normalized spacial score (nSPS) is 9.79. The van der Waals surface area contributed by atoms with Gasteiger partial charge in [-0.2, -0.15) is 0 Å². The summed E-state index contributed by atoms with van der Waals surface area (Å²) >= 11 is 0. The van der Waals surface area contributed by atoms with E-state index in [2.05, 4.69) is 10.2 Å². The van der Waals surface area contributed by atoms with Crippen LogP contribution in [0.4, 0.5) is 0 Å². The molecule has 0 fully saturated rings. The first-order chi connectivity index (χ1) is 6.86.